The zero-order chi connectivity index (χ0) is 8.48. The van der Waals surface area contributed by atoms with Crippen LogP contribution in [0.1, 0.15) is 19.4 Å². The van der Waals surface area contributed by atoms with Gasteiger partial charge in [-0.15, -0.1) is 0 Å². The molecule has 2 nitrogen and oxygen atoms in total. The van der Waals surface area contributed by atoms with E-state index in [0.29, 0.717) is 0 Å². The van der Waals surface area contributed by atoms with Crippen molar-refractivity contribution in [3.05, 3.63) is 22.4 Å². The Balaban J connectivity index is 2.90. The van der Waals surface area contributed by atoms with Crippen molar-refractivity contribution < 1.29 is 10.2 Å². The quantitative estimate of drug-likeness (QED) is 0.706. The molecule has 0 saturated carbocycles. The van der Waals surface area contributed by atoms with E-state index in [9.17, 15) is 10.2 Å². The minimum Gasteiger partial charge on any atom is -0.390 e. The molecule has 0 aliphatic carbocycles. The number of hydrogen-bond acceptors (Lipinski definition) is 3. The van der Waals surface area contributed by atoms with Crippen molar-refractivity contribution in [3.63, 3.8) is 0 Å². The Morgan fingerprint density at radius 2 is 2.27 bits per heavy atom. The van der Waals surface area contributed by atoms with Gasteiger partial charge in [0, 0.05) is 0 Å². The number of rotatable bonds is 2. The van der Waals surface area contributed by atoms with Crippen LogP contribution < -0.4 is 0 Å². The summed E-state index contributed by atoms with van der Waals surface area (Å²) in [5.74, 6) is 0. The fourth-order valence-electron chi connectivity index (χ4n) is 0.794. The fourth-order valence-corrected chi connectivity index (χ4v) is 1.56. The molecule has 0 amide bonds. The van der Waals surface area contributed by atoms with E-state index in [1.54, 1.807) is 13.8 Å². The highest BCUT2D eigenvalue weighted by atomic mass is 32.1. The SMILES string of the molecule is CC(O)C(C)(O)c1ccsc1. The van der Waals surface area contributed by atoms with Crippen molar-refractivity contribution in [1.82, 2.24) is 0 Å². The van der Waals surface area contributed by atoms with Gasteiger partial charge in [-0.2, -0.15) is 11.3 Å². The van der Waals surface area contributed by atoms with E-state index >= 15 is 0 Å². The van der Waals surface area contributed by atoms with Gasteiger partial charge in [0.15, 0.2) is 0 Å². The summed E-state index contributed by atoms with van der Waals surface area (Å²) in [6, 6.07) is 1.82. The Bertz CT molecular complexity index is 214. The van der Waals surface area contributed by atoms with Gasteiger partial charge >= 0.3 is 0 Å². The molecule has 0 spiro atoms. The maximum atomic E-state index is 9.71. The number of aliphatic hydroxyl groups excluding tert-OH is 1. The Hall–Kier alpha value is -0.380. The predicted molar refractivity (Wildman–Crippen MR) is 45.6 cm³/mol. The third-order valence-electron chi connectivity index (χ3n) is 1.92. The van der Waals surface area contributed by atoms with Crippen LogP contribution in [0.15, 0.2) is 16.8 Å². The lowest BCUT2D eigenvalue weighted by Gasteiger charge is -2.25. The third-order valence-corrected chi connectivity index (χ3v) is 2.60. The Morgan fingerprint density at radius 1 is 1.64 bits per heavy atom. The first-order valence-corrected chi connectivity index (χ1v) is 4.42. The number of aliphatic hydroxyl groups is 2. The predicted octanol–water partition coefficient (Wildman–Crippen LogP) is 1.34. The van der Waals surface area contributed by atoms with Gasteiger partial charge in [0.1, 0.15) is 5.60 Å². The van der Waals surface area contributed by atoms with E-state index in [2.05, 4.69) is 0 Å². The van der Waals surface area contributed by atoms with Crippen molar-refractivity contribution in [1.29, 1.82) is 0 Å². The summed E-state index contributed by atoms with van der Waals surface area (Å²) in [6.07, 6.45) is -0.739. The molecule has 11 heavy (non-hydrogen) atoms. The summed E-state index contributed by atoms with van der Waals surface area (Å²) in [5.41, 5.74) is -0.336. The van der Waals surface area contributed by atoms with E-state index in [1.165, 1.54) is 11.3 Å². The topological polar surface area (TPSA) is 40.5 Å². The third kappa shape index (κ3) is 1.61. The van der Waals surface area contributed by atoms with Crippen LogP contribution in [0, 0.1) is 0 Å². The monoisotopic (exact) mass is 172 g/mol. The standard InChI is InChI=1S/C8H12O2S/c1-6(9)8(2,10)7-3-4-11-5-7/h3-6,9-10H,1-2H3. The van der Waals surface area contributed by atoms with Gasteiger partial charge in [0.2, 0.25) is 0 Å². The number of thiophene rings is 1. The lowest BCUT2D eigenvalue weighted by atomic mass is 9.94. The molecule has 2 N–H and O–H groups in total. The number of hydrogen-bond donors (Lipinski definition) is 2. The average molecular weight is 172 g/mol. The zero-order valence-electron chi connectivity index (χ0n) is 6.61. The molecule has 2 unspecified atom stereocenters. The summed E-state index contributed by atoms with van der Waals surface area (Å²) >= 11 is 1.51. The summed E-state index contributed by atoms with van der Waals surface area (Å²) in [6.45, 7) is 3.19. The van der Waals surface area contributed by atoms with Gasteiger partial charge in [-0.1, -0.05) is 0 Å². The molecule has 0 bridgehead atoms. The maximum absolute atomic E-state index is 9.71. The van der Waals surface area contributed by atoms with E-state index in [0.717, 1.165) is 5.56 Å². The van der Waals surface area contributed by atoms with Crippen LogP contribution in [-0.4, -0.2) is 16.3 Å². The lowest BCUT2D eigenvalue weighted by molar-refractivity contribution is -0.0566. The van der Waals surface area contributed by atoms with Crippen molar-refractivity contribution in [3.8, 4) is 0 Å². The molecule has 1 aromatic heterocycles. The van der Waals surface area contributed by atoms with Crippen LogP contribution in [0.4, 0.5) is 0 Å². The first-order valence-electron chi connectivity index (χ1n) is 3.48. The van der Waals surface area contributed by atoms with E-state index < -0.39 is 11.7 Å². The van der Waals surface area contributed by atoms with Crippen LogP contribution in [0.3, 0.4) is 0 Å². The van der Waals surface area contributed by atoms with Gasteiger partial charge in [-0.3, -0.25) is 0 Å². The average Bonchev–Trinajstić information content (AvgIpc) is 2.37. The zero-order valence-corrected chi connectivity index (χ0v) is 7.43. The molecule has 0 aliphatic heterocycles. The molecule has 1 aromatic rings. The summed E-state index contributed by atoms with van der Waals surface area (Å²) in [5, 5.41) is 22.6. The van der Waals surface area contributed by atoms with E-state index in [4.69, 9.17) is 0 Å². The van der Waals surface area contributed by atoms with Crippen molar-refractivity contribution in [2.75, 3.05) is 0 Å². The van der Waals surface area contributed by atoms with Crippen LogP contribution in [0.2, 0.25) is 0 Å². The van der Waals surface area contributed by atoms with Gasteiger partial charge in [-0.05, 0) is 36.2 Å². The van der Waals surface area contributed by atoms with Gasteiger partial charge in [-0.25, -0.2) is 0 Å². The first kappa shape index (κ1) is 8.71. The molecule has 0 aromatic carbocycles. The lowest BCUT2D eigenvalue weighted by Crippen LogP contribution is -2.33. The minimum atomic E-state index is -1.11. The smallest absolute Gasteiger partial charge is 0.113 e. The Kier molecular flexibility index (Phi) is 2.32. The van der Waals surface area contributed by atoms with Crippen molar-refractivity contribution >= 4 is 11.3 Å². The minimum absolute atomic E-state index is 0.739. The second-order valence-corrected chi connectivity index (χ2v) is 3.62. The van der Waals surface area contributed by atoms with E-state index in [1.807, 2.05) is 16.8 Å². The van der Waals surface area contributed by atoms with Gasteiger partial charge < -0.3 is 10.2 Å². The second-order valence-electron chi connectivity index (χ2n) is 2.84. The first-order chi connectivity index (χ1) is 5.05. The molecule has 0 radical (unpaired) electrons. The summed E-state index contributed by atoms with van der Waals surface area (Å²) in [4.78, 5) is 0. The molecule has 3 heteroatoms. The molecule has 1 heterocycles. The highest BCUT2D eigenvalue weighted by molar-refractivity contribution is 7.08. The van der Waals surface area contributed by atoms with Crippen molar-refractivity contribution in [2.45, 2.75) is 25.6 Å². The van der Waals surface area contributed by atoms with Crippen LogP contribution in [0.25, 0.3) is 0 Å². The summed E-state index contributed by atoms with van der Waals surface area (Å²) in [7, 11) is 0. The van der Waals surface area contributed by atoms with Gasteiger partial charge in [0.05, 0.1) is 6.10 Å². The van der Waals surface area contributed by atoms with Crippen LogP contribution in [0.5, 0.6) is 0 Å². The van der Waals surface area contributed by atoms with Gasteiger partial charge in [0.25, 0.3) is 0 Å². The fraction of sp³-hybridized carbons (Fsp3) is 0.500. The largest absolute Gasteiger partial charge is 0.390 e. The molecule has 2 atom stereocenters. The molecular weight excluding hydrogens is 160 g/mol. The second kappa shape index (κ2) is 2.93. The van der Waals surface area contributed by atoms with Crippen molar-refractivity contribution in [2.24, 2.45) is 0 Å². The molecular formula is C8H12O2S. The molecule has 62 valence electrons. The van der Waals surface area contributed by atoms with Crippen LogP contribution >= 0.6 is 11.3 Å². The molecule has 0 aliphatic rings. The molecule has 0 fully saturated rings. The normalized spacial score (nSPS) is 19.3. The Labute approximate surface area is 70.1 Å². The molecule has 0 saturated heterocycles. The van der Waals surface area contributed by atoms with Crippen LogP contribution in [-0.2, 0) is 5.60 Å². The maximum Gasteiger partial charge on any atom is 0.113 e. The van der Waals surface area contributed by atoms with E-state index in [-0.39, 0.29) is 0 Å². The summed E-state index contributed by atoms with van der Waals surface area (Å²) < 4.78 is 0. The highest BCUT2D eigenvalue weighted by Gasteiger charge is 2.28. The molecule has 1 rings (SSSR count). The Morgan fingerprint density at radius 3 is 2.64 bits per heavy atom. The highest BCUT2D eigenvalue weighted by Crippen LogP contribution is 2.25.